The van der Waals surface area contributed by atoms with Crippen molar-refractivity contribution in [2.75, 3.05) is 11.5 Å². The van der Waals surface area contributed by atoms with Crippen LogP contribution in [-0.2, 0) is 0 Å². The number of hydrogen-bond acceptors (Lipinski definition) is 1. The quantitative estimate of drug-likeness (QED) is 0.358. The highest BCUT2D eigenvalue weighted by atomic mass is 32.2. The van der Waals surface area contributed by atoms with Gasteiger partial charge in [-0.3, -0.25) is 0 Å². The molecule has 0 atom stereocenters. The van der Waals surface area contributed by atoms with Crippen LogP contribution in [-0.4, -0.2) is 20.6 Å². The van der Waals surface area contributed by atoms with Crippen molar-refractivity contribution in [1.29, 1.82) is 0 Å². The Hall–Kier alpha value is 0.357. The van der Waals surface area contributed by atoms with E-state index in [4.69, 9.17) is 0 Å². The Morgan fingerprint density at radius 1 is 1.33 bits per heavy atom. The lowest BCUT2D eigenvalue weighted by atomic mass is 10.9. The van der Waals surface area contributed by atoms with Crippen molar-refractivity contribution in [3.8, 4) is 0 Å². The van der Waals surface area contributed by atoms with Gasteiger partial charge < -0.3 is 0 Å². The smallest absolute Gasteiger partial charge is 0.238 e. The molecule has 0 fully saturated rings. The Labute approximate surface area is 58.4 Å². The molecular formula is C4H9F3SSi. The van der Waals surface area contributed by atoms with Crippen molar-refractivity contribution in [2.45, 2.75) is 13.0 Å². The first-order chi connectivity index (χ1) is 4.06. The first-order valence-electron chi connectivity index (χ1n) is 2.70. The summed E-state index contributed by atoms with van der Waals surface area (Å²) < 4.78 is 34.5. The second kappa shape index (κ2) is 4.22. The molecule has 0 amide bonds. The summed E-state index contributed by atoms with van der Waals surface area (Å²) in [6.45, 7) is 1.86. The van der Waals surface area contributed by atoms with Crippen molar-refractivity contribution < 1.29 is 12.3 Å². The van der Waals surface area contributed by atoms with Gasteiger partial charge in [0.05, 0.1) is 0 Å². The molecule has 0 saturated heterocycles. The van der Waals surface area contributed by atoms with Gasteiger partial charge in [-0.15, -0.1) is 0 Å². The van der Waals surface area contributed by atoms with Crippen LogP contribution in [0.5, 0.6) is 0 Å². The fourth-order valence-electron chi connectivity index (χ4n) is 0.332. The highest BCUT2D eigenvalue weighted by Crippen LogP contribution is 2.17. The Balaban J connectivity index is 3.07. The molecule has 0 bridgehead atoms. The fraction of sp³-hybridized carbons (Fsp3) is 1.00. The van der Waals surface area contributed by atoms with Crippen LogP contribution < -0.4 is 0 Å². The van der Waals surface area contributed by atoms with E-state index in [0.29, 0.717) is 0 Å². The molecule has 0 aliphatic rings. The molecule has 0 aromatic heterocycles. The number of halogens is 3. The molecule has 0 rings (SSSR count). The maximum absolute atomic E-state index is 11.5. The zero-order chi connectivity index (χ0) is 7.33. The van der Waals surface area contributed by atoms with Gasteiger partial charge in [0, 0.05) is 6.04 Å². The zero-order valence-corrected chi connectivity index (χ0v) is 6.98. The molecule has 0 aromatic rings. The number of thioether (sulfide) groups is 1. The maximum Gasteiger partial charge on any atom is 0.616 e. The topological polar surface area (TPSA) is 0 Å². The molecule has 5 heteroatoms. The van der Waals surface area contributed by atoms with Crippen molar-refractivity contribution in [3.63, 3.8) is 0 Å². The summed E-state index contributed by atoms with van der Waals surface area (Å²) in [7, 11) is -5.22. The minimum atomic E-state index is -5.22. The predicted molar refractivity (Wildman–Crippen MR) is 36.9 cm³/mol. The van der Waals surface area contributed by atoms with Crippen LogP contribution >= 0.6 is 11.8 Å². The van der Waals surface area contributed by atoms with Crippen molar-refractivity contribution in [1.82, 2.24) is 0 Å². The van der Waals surface area contributed by atoms with Crippen LogP contribution in [0.4, 0.5) is 12.3 Å². The molecule has 0 unspecified atom stereocenters. The third kappa shape index (κ3) is 8.36. The SMILES string of the molecule is CCSCC[Si](F)(F)F. The van der Waals surface area contributed by atoms with Crippen LogP contribution in [0.15, 0.2) is 0 Å². The van der Waals surface area contributed by atoms with Gasteiger partial charge >= 0.3 is 9.08 Å². The lowest BCUT2D eigenvalue weighted by Gasteiger charge is -1.99. The summed E-state index contributed by atoms with van der Waals surface area (Å²) >= 11 is 1.35. The van der Waals surface area contributed by atoms with Crippen LogP contribution in [0, 0.1) is 0 Å². The first-order valence-corrected chi connectivity index (χ1v) is 5.70. The van der Waals surface area contributed by atoms with E-state index in [1.807, 2.05) is 6.92 Å². The predicted octanol–water partition coefficient (Wildman–Crippen LogP) is 2.59. The second-order valence-corrected chi connectivity index (χ2v) is 4.69. The van der Waals surface area contributed by atoms with E-state index in [1.54, 1.807) is 0 Å². The van der Waals surface area contributed by atoms with Crippen molar-refractivity contribution in [3.05, 3.63) is 0 Å². The zero-order valence-electron chi connectivity index (χ0n) is 5.16. The molecule has 9 heavy (non-hydrogen) atoms. The summed E-state index contributed by atoms with van der Waals surface area (Å²) in [5.74, 6) is 1.04. The van der Waals surface area contributed by atoms with E-state index in [-0.39, 0.29) is 5.75 Å². The third-order valence-corrected chi connectivity index (χ3v) is 2.81. The molecule has 0 radical (unpaired) electrons. The van der Waals surface area contributed by atoms with Crippen molar-refractivity contribution in [2.24, 2.45) is 0 Å². The van der Waals surface area contributed by atoms with Crippen LogP contribution in [0.25, 0.3) is 0 Å². The van der Waals surface area contributed by atoms with E-state index in [1.165, 1.54) is 11.8 Å². The van der Waals surface area contributed by atoms with E-state index in [0.717, 1.165) is 5.75 Å². The highest BCUT2D eigenvalue weighted by molar-refractivity contribution is 7.99. The number of rotatable bonds is 4. The number of hydrogen-bond donors (Lipinski definition) is 0. The Morgan fingerprint density at radius 2 is 1.89 bits per heavy atom. The summed E-state index contributed by atoms with van der Waals surface area (Å²) in [4.78, 5) is 0. The van der Waals surface area contributed by atoms with Crippen LogP contribution in [0.3, 0.4) is 0 Å². The summed E-state index contributed by atoms with van der Waals surface area (Å²) in [5, 5.41) is 0. The van der Waals surface area contributed by atoms with E-state index in [2.05, 4.69) is 0 Å². The minimum Gasteiger partial charge on any atom is -0.238 e. The summed E-state index contributed by atoms with van der Waals surface area (Å²) in [6.07, 6.45) is 0. The normalized spacial score (nSPS) is 12.0. The highest BCUT2D eigenvalue weighted by Gasteiger charge is 2.35. The third-order valence-electron chi connectivity index (χ3n) is 0.734. The minimum absolute atomic E-state index is 0.256. The fourth-order valence-corrected chi connectivity index (χ4v) is 2.12. The lowest BCUT2D eigenvalue weighted by molar-refractivity contribution is 0.473. The van der Waals surface area contributed by atoms with Gasteiger partial charge in [-0.1, -0.05) is 6.92 Å². The van der Waals surface area contributed by atoms with Gasteiger partial charge in [0.1, 0.15) is 0 Å². The van der Waals surface area contributed by atoms with Gasteiger partial charge in [-0.05, 0) is 11.5 Å². The molecule has 56 valence electrons. The molecule has 0 aromatic carbocycles. The van der Waals surface area contributed by atoms with Crippen molar-refractivity contribution >= 4 is 20.8 Å². The van der Waals surface area contributed by atoms with Gasteiger partial charge in [-0.25, -0.2) is 12.3 Å². The second-order valence-electron chi connectivity index (χ2n) is 1.56. The monoisotopic (exact) mass is 174 g/mol. The average Bonchev–Trinajstić information content (AvgIpc) is 1.63. The molecule has 0 nitrogen and oxygen atoms in total. The van der Waals surface area contributed by atoms with E-state index < -0.39 is 15.1 Å². The Morgan fingerprint density at radius 3 is 2.22 bits per heavy atom. The van der Waals surface area contributed by atoms with Gasteiger partial charge in [0.15, 0.2) is 0 Å². The largest absolute Gasteiger partial charge is 0.616 e. The standard InChI is InChI=1S/C4H9F3SSi/c1-2-8-3-4-9(5,6)7/h2-4H2,1H3. The van der Waals surface area contributed by atoms with Gasteiger partial charge in [-0.2, -0.15) is 11.8 Å². The Kier molecular flexibility index (Phi) is 4.38. The summed E-state index contributed by atoms with van der Waals surface area (Å²) in [6, 6.07) is -0.522. The summed E-state index contributed by atoms with van der Waals surface area (Å²) in [5.41, 5.74) is 0. The molecule has 0 saturated carbocycles. The molecule has 0 N–H and O–H groups in total. The van der Waals surface area contributed by atoms with Gasteiger partial charge in [0.25, 0.3) is 0 Å². The van der Waals surface area contributed by atoms with E-state index >= 15 is 0 Å². The van der Waals surface area contributed by atoms with E-state index in [9.17, 15) is 12.3 Å². The average molecular weight is 174 g/mol. The first kappa shape index (κ1) is 9.36. The molecule has 0 aliphatic carbocycles. The molecule has 0 aliphatic heterocycles. The molecule has 0 heterocycles. The molecular weight excluding hydrogens is 165 g/mol. The van der Waals surface area contributed by atoms with Gasteiger partial charge in [0.2, 0.25) is 0 Å². The molecule has 0 spiro atoms. The van der Waals surface area contributed by atoms with Crippen LogP contribution in [0.1, 0.15) is 6.92 Å². The Bertz CT molecular complexity index is 72.7. The maximum atomic E-state index is 11.5. The van der Waals surface area contributed by atoms with Crippen LogP contribution in [0.2, 0.25) is 6.04 Å². The lowest BCUT2D eigenvalue weighted by Crippen LogP contribution is -2.14.